The second-order valence-corrected chi connectivity index (χ2v) is 5.26. The smallest absolute Gasteiger partial charge is 0.151 e. The molecule has 0 atom stereocenters. The van der Waals surface area contributed by atoms with Crippen LogP contribution in [0.2, 0.25) is 0 Å². The fourth-order valence-electron chi connectivity index (χ4n) is 1.50. The van der Waals surface area contributed by atoms with Crippen molar-refractivity contribution in [2.45, 2.75) is 46.4 Å². The normalized spacial score (nSPS) is 11.3. The molecule has 1 rings (SSSR count). The first-order valence-corrected chi connectivity index (χ1v) is 6.87. The van der Waals surface area contributed by atoms with Crippen molar-refractivity contribution in [1.82, 2.24) is 15.5 Å². The maximum absolute atomic E-state index is 5.52. The van der Waals surface area contributed by atoms with Crippen molar-refractivity contribution in [1.29, 1.82) is 0 Å². The van der Waals surface area contributed by atoms with E-state index in [1.165, 1.54) is 0 Å². The molecule has 0 aliphatic rings. The summed E-state index contributed by atoms with van der Waals surface area (Å²) in [4.78, 5) is 2.05. The lowest BCUT2D eigenvalue weighted by Gasteiger charge is -2.18. The van der Waals surface area contributed by atoms with Gasteiger partial charge in [0.1, 0.15) is 0 Å². The van der Waals surface area contributed by atoms with Crippen molar-refractivity contribution in [3.8, 4) is 0 Å². The van der Waals surface area contributed by atoms with E-state index in [0.717, 1.165) is 24.6 Å². The first kappa shape index (κ1) is 15.9. The van der Waals surface area contributed by atoms with Crippen LogP contribution in [0.5, 0.6) is 0 Å². The van der Waals surface area contributed by atoms with Gasteiger partial charge in [-0.3, -0.25) is 0 Å². The summed E-state index contributed by atoms with van der Waals surface area (Å²) in [6.45, 7) is 10.6. The lowest BCUT2D eigenvalue weighted by Crippen LogP contribution is -2.26. The fourth-order valence-corrected chi connectivity index (χ4v) is 1.50. The van der Waals surface area contributed by atoms with Crippen molar-refractivity contribution >= 4 is 5.82 Å². The highest BCUT2D eigenvalue weighted by Crippen LogP contribution is 2.07. The minimum Gasteiger partial charge on any atom is -0.377 e. The van der Waals surface area contributed by atoms with E-state index in [1.54, 1.807) is 0 Å². The molecule has 0 fully saturated rings. The summed E-state index contributed by atoms with van der Waals surface area (Å²) in [5.74, 6) is 0.876. The van der Waals surface area contributed by atoms with Crippen LogP contribution in [0.1, 0.15) is 33.4 Å². The van der Waals surface area contributed by atoms with Gasteiger partial charge in [-0.1, -0.05) is 13.8 Å². The summed E-state index contributed by atoms with van der Waals surface area (Å²) in [6, 6.07) is 4.47. The fraction of sp³-hybridized carbons (Fsp3) is 0.714. The first-order chi connectivity index (χ1) is 8.99. The molecule has 0 radical (unpaired) electrons. The highest BCUT2D eigenvalue weighted by molar-refractivity contribution is 5.35. The van der Waals surface area contributed by atoms with Gasteiger partial charge in [0.2, 0.25) is 0 Å². The molecule has 0 amide bonds. The van der Waals surface area contributed by atoms with Gasteiger partial charge in [0, 0.05) is 26.2 Å². The minimum atomic E-state index is 0.268. The van der Waals surface area contributed by atoms with Gasteiger partial charge < -0.3 is 15.0 Å². The Hall–Kier alpha value is -1.20. The van der Waals surface area contributed by atoms with Gasteiger partial charge >= 0.3 is 0 Å². The summed E-state index contributed by atoms with van der Waals surface area (Å²) < 4.78 is 5.52. The van der Waals surface area contributed by atoms with E-state index in [1.807, 2.05) is 33.0 Å². The largest absolute Gasteiger partial charge is 0.377 e. The molecule has 0 spiro atoms. The number of ether oxygens (including phenoxy) is 1. The van der Waals surface area contributed by atoms with Gasteiger partial charge in [0.15, 0.2) is 5.82 Å². The van der Waals surface area contributed by atoms with E-state index in [4.69, 9.17) is 4.74 Å². The molecule has 0 aliphatic heterocycles. The average molecular weight is 266 g/mol. The molecule has 19 heavy (non-hydrogen) atoms. The van der Waals surface area contributed by atoms with Gasteiger partial charge in [0.05, 0.1) is 18.4 Å². The second-order valence-electron chi connectivity index (χ2n) is 5.26. The Labute approximate surface area is 116 Å². The maximum Gasteiger partial charge on any atom is 0.151 e. The number of nitrogens with zero attached hydrogens (tertiary/aromatic N) is 3. The van der Waals surface area contributed by atoms with Gasteiger partial charge in [0.25, 0.3) is 0 Å². The predicted molar refractivity (Wildman–Crippen MR) is 78.4 cm³/mol. The standard InChI is InChI=1S/C14H26N4O/c1-11(2)15-10-13-6-7-14(17-16-13)18(5)8-9-19-12(3)4/h6-7,11-12,15H,8-10H2,1-5H3. The molecule has 1 aromatic rings. The average Bonchev–Trinajstić information content (AvgIpc) is 2.36. The number of aromatic nitrogens is 2. The Balaban J connectivity index is 2.41. The number of nitrogens with one attached hydrogen (secondary N) is 1. The van der Waals surface area contributed by atoms with Crippen molar-refractivity contribution in [2.24, 2.45) is 0 Å². The Morgan fingerprint density at radius 1 is 1.21 bits per heavy atom. The lowest BCUT2D eigenvalue weighted by molar-refractivity contribution is 0.0845. The van der Waals surface area contributed by atoms with E-state index >= 15 is 0 Å². The minimum absolute atomic E-state index is 0.268. The summed E-state index contributed by atoms with van der Waals surface area (Å²) in [5.41, 5.74) is 0.962. The van der Waals surface area contributed by atoms with Crippen LogP contribution in [0.15, 0.2) is 12.1 Å². The number of hydrogen-bond donors (Lipinski definition) is 1. The quantitative estimate of drug-likeness (QED) is 0.778. The highest BCUT2D eigenvalue weighted by atomic mass is 16.5. The number of rotatable bonds is 8. The number of likely N-dealkylation sites (N-methyl/N-ethyl adjacent to an activating group) is 1. The molecule has 5 nitrogen and oxygen atoms in total. The van der Waals surface area contributed by atoms with E-state index in [2.05, 4.69) is 34.3 Å². The second kappa shape index (κ2) is 8.07. The third-order valence-corrected chi connectivity index (χ3v) is 2.67. The van der Waals surface area contributed by atoms with Crippen molar-refractivity contribution < 1.29 is 4.74 Å². The Morgan fingerprint density at radius 2 is 1.95 bits per heavy atom. The Kier molecular flexibility index (Phi) is 6.73. The van der Waals surface area contributed by atoms with Crippen LogP contribution in [0.4, 0.5) is 5.82 Å². The SMILES string of the molecule is CC(C)NCc1ccc(N(C)CCOC(C)C)nn1. The predicted octanol–water partition coefficient (Wildman–Crippen LogP) is 1.84. The van der Waals surface area contributed by atoms with E-state index in [9.17, 15) is 0 Å². The molecule has 1 heterocycles. The molecule has 0 aromatic carbocycles. The molecule has 0 saturated heterocycles. The zero-order chi connectivity index (χ0) is 14.3. The molecule has 0 unspecified atom stereocenters. The van der Waals surface area contributed by atoms with E-state index in [-0.39, 0.29) is 6.10 Å². The monoisotopic (exact) mass is 266 g/mol. The zero-order valence-electron chi connectivity index (χ0n) is 12.7. The summed E-state index contributed by atoms with van der Waals surface area (Å²) in [7, 11) is 2.00. The van der Waals surface area contributed by atoms with Crippen LogP contribution in [-0.4, -0.2) is 42.5 Å². The van der Waals surface area contributed by atoms with Gasteiger partial charge in [-0.25, -0.2) is 0 Å². The van der Waals surface area contributed by atoms with E-state index < -0.39 is 0 Å². The van der Waals surface area contributed by atoms with Crippen molar-refractivity contribution in [2.75, 3.05) is 25.1 Å². The van der Waals surface area contributed by atoms with Gasteiger partial charge in [-0.05, 0) is 26.0 Å². The highest BCUT2D eigenvalue weighted by Gasteiger charge is 2.04. The first-order valence-electron chi connectivity index (χ1n) is 6.87. The van der Waals surface area contributed by atoms with Crippen LogP contribution in [-0.2, 0) is 11.3 Å². The summed E-state index contributed by atoms with van der Waals surface area (Å²) in [5, 5.41) is 11.8. The van der Waals surface area contributed by atoms with Crippen molar-refractivity contribution in [3.05, 3.63) is 17.8 Å². The molecular formula is C14H26N4O. The molecule has 1 N–H and O–H groups in total. The molecule has 108 valence electrons. The van der Waals surface area contributed by atoms with Crippen LogP contribution in [0, 0.1) is 0 Å². The molecule has 0 saturated carbocycles. The zero-order valence-corrected chi connectivity index (χ0v) is 12.7. The summed E-state index contributed by atoms with van der Waals surface area (Å²) >= 11 is 0. The van der Waals surface area contributed by atoms with Crippen LogP contribution in [0.25, 0.3) is 0 Å². The molecule has 5 heteroatoms. The molecule has 1 aromatic heterocycles. The van der Waals surface area contributed by atoms with Crippen molar-refractivity contribution in [3.63, 3.8) is 0 Å². The van der Waals surface area contributed by atoms with E-state index in [0.29, 0.717) is 12.6 Å². The topological polar surface area (TPSA) is 50.3 Å². The summed E-state index contributed by atoms with van der Waals surface area (Å²) in [6.07, 6.45) is 0.268. The Morgan fingerprint density at radius 3 is 2.47 bits per heavy atom. The third kappa shape index (κ3) is 6.50. The Bertz CT molecular complexity index is 351. The lowest BCUT2D eigenvalue weighted by atomic mass is 10.3. The molecular weight excluding hydrogens is 240 g/mol. The van der Waals surface area contributed by atoms with Crippen LogP contribution < -0.4 is 10.2 Å². The maximum atomic E-state index is 5.52. The van der Waals surface area contributed by atoms with Gasteiger partial charge in [-0.15, -0.1) is 5.10 Å². The van der Waals surface area contributed by atoms with Gasteiger partial charge in [-0.2, -0.15) is 5.10 Å². The molecule has 0 aliphatic carbocycles. The molecule has 0 bridgehead atoms. The van der Waals surface area contributed by atoms with Crippen LogP contribution in [0.3, 0.4) is 0 Å². The van der Waals surface area contributed by atoms with Crippen LogP contribution >= 0.6 is 0 Å². The number of anilines is 1. The number of hydrogen-bond acceptors (Lipinski definition) is 5. The third-order valence-electron chi connectivity index (χ3n) is 2.67.